The zero-order valence-corrected chi connectivity index (χ0v) is 40.0. The summed E-state index contributed by atoms with van der Waals surface area (Å²) in [6.45, 7) is -0.479. The van der Waals surface area contributed by atoms with Crippen molar-refractivity contribution < 1.29 is 219 Å². The number of ether oxygens (including phenoxy) is 2. The molecule has 37 heteroatoms. The number of aromatic nitrogens is 4. The van der Waals surface area contributed by atoms with Crippen molar-refractivity contribution in [1.82, 2.24) is 19.1 Å². The molecule has 4 rings (SSSR count). The Bertz CT molecular complexity index is 1990. The monoisotopic (exact) mass is 912 g/mol. The second kappa shape index (κ2) is 23.7. The summed E-state index contributed by atoms with van der Waals surface area (Å²) in [4.78, 5) is 102. The predicted molar refractivity (Wildman–Crippen MR) is 145 cm³/mol. The third kappa shape index (κ3) is 17.1. The van der Waals surface area contributed by atoms with Crippen LogP contribution < -0.4 is 160 Å². The molecule has 5 unspecified atom stereocenters. The number of H-pyrrole nitrogens is 2. The molecule has 2 aliphatic rings. The average molecular weight is 912 g/mol. The van der Waals surface area contributed by atoms with Crippen molar-refractivity contribution in [1.29, 1.82) is 0 Å². The van der Waals surface area contributed by atoms with Gasteiger partial charge in [-0.3, -0.25) is 51.5 Å². The Hall–Kier alpha value is 1.60. The second-order valence-electron chi connectivity index (χ2n) is 9.79. The largest absolute Gasteiger partial charge is 1.00 e. The van der Waals surface area contributed by atoms with Gasteiger partial charge in [-0.05, 0) is 0 Å². The number of hydrogen-bond donors (Lipinski definition) is 9. The minimum Gasteiger partial charge on any atom is -0.756 e. The molecule has 0 saturated carbocycles. The summed E-state index contributed by atoms with van der Waals surface area (Å²) in [6, 6.07) is 1.90. The predicted octanol–water partition coefficient (Wildman–Crippen LogP) is -20.4. The van der Waals surface area contributed by atoms with Crippen LogP contribution in [0.1, 0.15) is 12.5 Å². The summed E-state index contributed by atoms with van der Waals surface area (Å²) in [6.07, 6.45) is -13.9. The van der Waals surface area contributed by atoms with E-state index in [0.29, 0.717) is 4.57 Å². The summed E-state index contributed by atoms with van der Waals surface area (Å²) in [5, 5.41) is 57.8. The number of phosphoric ester groups is 1. The Labute approximate surface area is 392 Å². The number of aliphatic hydroxyl groups excluding tert-OH is 6. The number of nitrogens with zero attached hydrogens (tertiary/aromatic N) is 2. The van der Waals surface area contributed by atoms with Crippen molar-refractivity contribution in [2.45, 2.75) is 55.4 Å². The molecule has 9 N–H and O–H groups in total. The molecule has 0 radical (unpaired) electrons. The first kappa shape index (κ1) is 58.7. The van der Waals surface area contributed by atoms with Gasteiger partial charge >= 0.3 is 130 Å². The van der Waals surface area contributed by atoms with Gasteiger partial charge in [0.05, 0.1) is 6.61 Å². The van der Waals surface area contributed by atoms with E-state index >= 15 is 0 Å². The van der Waals surface area contributed by atoms with Crippen LogP contribution in [0.4, 0.5) is 0 Å². The molecule has 55 heavy (non-hydrogen) atoms. The fourth-order valence-electron chi connectivity index (χ4n) is 4.13. The van der Waals surface area contributed by atoms with Gasteiger partial charge in [0.25, 0.3) is 42.4 Å². The maximum atomic E-state index is 11.8. The topological polar surface area (TPSA) is 467 Å². The first-order chi connectivity index (χ1) is 23.3. The first-order valence-electron chi connectivity index (χ1n) is 13.0. The van der Waals surface area contributed by atoms with Gasteiger partial charge in [-0.2, -0.15) is 0 Å². The van der Waals surface area contributed by atoms with E-state index in [9.17, 15) is 82.5 Å². The van der Waals surface area contributed by atoms with E-state index < -0.39 is 116 Å². The van der Waals surface area contributed by atoms with E-state index in [1.54, 1.807) is 4.98 Å². The number of aromatic amines is 2. The molecule has 2 aromatic rings. The number of phosphoric acid groups is 4. The van der Waals surface area contributed by atoms with Gasteiger partial charge in [0, 0.05) is 24.5 Å². The Morgan fingerprint density at radius 2 is 1.09 bits per heavy atom. The van der Waals surface area contributed by atoms with E-state index in [1.807, 2.05) is 4.98 Å². The molecular weight excluding hydrogens is 888 g/mol. The van der Waals surface area contributed by atoms with Crippen LogP contribution in [0.15, 0.2) is 43.7 Å². The molecule has 2 fully saturated rings. The van der Waals surface area contributed by atoms with Crippen molar-refractivity contribution in [3.63, 3.8) is 0 Å². The summed E-state index contributed by atoms with van der Waals surface area (Å²) >= 11 is 0. The van der Waals surface area contributed by atoms with Crippen molar-refractivity contribution in [2.24, 2.45) is 0 Å². The molecule has 0 spiro atoms. The Morgan fingerprint density at radius 3 is 1.49 bits per heavy atom. The molecule has 29 nitrogen and oxygen atoms in total. The zero-order chi connectivity index (χ0) is 38.9. The molecule has 0 bridgehead atoms. The van der Waals surface area contributed by atoms with Gasteiger partial charge in [0.1, 0.15) is 36.6 Å². The number of rotatable bonds is 12. The van der Waals surface area contributed by atoms with Crippen LogP contribution in [-0.4, -0.2) is 104 Å². The fourth-order valence-corrected chi connectivity index (χ4v) is 8.41. The average Bonchev–Trinajstić information content (AvgIpc) is 3.40. The fraction of sp³-hybridized carbons (Fsp3) is 0.556. The van der Waals surface area contributed by atoms with E-state index in [4.69, 9.17) is 19.5 Å². The van der Waals surface area contributed by atoms with Crippen molar-refractivity contribution in [3.05, 3.63) is 66.2 Å². The molecule has 2 aromatic heterocycles. The summed E-state index contributed by atoms with van der Waals surface area (Å²) < 4.78 is 69.2. The van der Waals surface area contributed by atoms with Gasteiger partial charge in [-0.15, -0.1) is 0 Å². The molecule has 0 aliphatic carbocycles. The number of hydrogen-bond acceptors (Lipinski definition) is 24. The van der Waals surface area contributed by atoms with Crippen LogP contribution in [0.25, 0.3) is 0 Å². The van der Waals surface area contributed by atoms with Crippen LogP contribution in [0.2, 0.25) is 0 Å². The maximum Gasteiger partial charge on any atom is 1.00 e. The van der Waals surface area contributed by atoms with Crippen LogP contribution >= 0.6 is 31.3 Å². The smallest absolute Gasteiger partial charge is 0.756 e. The first-order valence-corrected chi connectivity index (χ1v) is 18.9. The van der Waals surface area contributed by atoms with E-state index in [0.717, 1.165) is 29.1 Å². The minimum atomic E-state index is -6.57. The van der Waals surface area contributed by atoms with Crippen molar-refractivity contribution in [2.75, 3.05) is 6.61 Å². The second-order valence-corrected chi connectivity index (χ2v) is 15.6. The maximum absolute atomic E-state index is 11.8. The summed E-state index contributed by atoms with van der Waals surface area (Å²) in [7, 11) is -25.5. The van der Waals surface area contributed by atoms with Crippen LogP contribution in [0, 0.1) is 0 Å². The SMILES string of the molecule is O=c1ccn([C@@H]2O[C@H](C(O)OP(=O)([O-])OP(=O)([O-])OP(=O)([O-])OP(=O)([O-])O)[C@@H](O)[C@H]2O)c(=O)[nH]1.O=c1ccn([C@@H]2O[C@H](CO)[C@@H](O)[C@H]2O)c(=O)[nH]1.[Na+].[Na+].[Na+].[Na+]. The summed E-state index contributed by atoms with van der Waals surface area (Å²) in [5.74, 6) is 0. The van der Waals surface area contributed by atoms with Gasteiger partial charge in [0.15, 0.2) is 18.7 Å². The van der Waals surface area contributed by atoms with Crippen LogP contribution in [-0.2, 0) is 45.2 Å². The van der Waals surface area contributed by atoms with E-state index in [1.165, 1.54) is 0 Å². The molecule has 2 aliphatic heterocycles. The van der Waals surface area contributed by atoms with E-state index in [2.05, 4.69) is 17.5 Å². The van der Waals surface area contributed by atoms with Gasteiger partial charge in [-0.1, -0.05) is 0 Å². The van der Waals surface area contributed by atoms with Crippen LogP contribution in [0.5, 0.6) is 0 Å². The van der Waals surface area contributed by atoms with Gasteiger partial charge in [-0.25, -0.2) is 22.5 Å². The Morgan fingerprint density at radius 1 is 0.691 bits per heavy atom. The zero-order valence-electron chi connectivity index (χ0n) is 28.4. The third-order valence-electron chi connectivity index (χ3n) is 6.16. The summed E-state index contributed by atoms with van der Waals surface area (Å²) in [5.41, 5.74) is -3.34. The standard InChI is InChI=1S/C9H16N2O19P4.C9H12N2O6.4Na/c12-3-1-2-11(9(16)10-3)7-5(14)4(13)6(26-7)8(15)27-32(20,21)29-34(24,25)30-33(22,23)28-31(17,18)19;12-3-4-6(14)7(15)8(17-4)11-2-1-5(13)10-9(11)16;;;;/h1-2,4-8,13-15H,(H,20,21)(H,22,23)(H,24,25)(H,10,12,16)(H2,17,18,19);1-2,4,6-8,12,14-15H,3H2,(H,10,13,16);;;;/q;;4*+1/p-4/t4-,5+,6-,7+,8?;4-,6-,7-,8-;;;;/m01..../s1. The van der Waals surface area contributed by atoms with Crippen molar-refractivity contribution >= 4 is 31.3 Å². The molecule has 290 valence electrons. The van der Waals surface area contributed by atoms with E-state index in [-0.39, 0.29) is 118 Å². The number of aliphatic hydroxyl groups is 6. The van der Waals surface area contributed by atoms with Gasteiger partial charge < -0.3 is 64.6 Å². The molecule has 2 saturated heterocycles. The Balaban J connectivity index is 0. The molecule has 4 heterocycles. The van der Waals surface area contributed by atoms with Gasteiger partial charge in [0.2, 0.25) is 0 Å². The quantitative estimate of drug-likeness (QED) is 0.0542. The normalized spacial score (nSPS) is 29.4. The Kier molecular flexibility index (Phi) is 25.3. The van der Waals surface area contributed by atoms with Crippen molar-refractivity contribution in [3.8, 4) is 0 Å². The number of nitrogens with one attached hydrogen (secondary N) is 2. The third-order valence-corrected chi connectivity index (χ3v) is 11.5. The molecule has 13 atom stereocenters. The molecular formula is C18H24N4Na4O25P4. The molecule has 0 aromatic carbocycles. The molecule has 0 amide bonds. The van der Waals surface area contributed by atoms with Crippen LogP contribution in [0.3, 0.4) is 0 Å². The minimum absolute atomic E-state index is 0.